The molecule has 1 amide bonds. The largest absolute Gasteiger partial charge is 0.321 e. The molecule has 0 aliphatic carbocycles. The molecular weight excluding hydrogens is 293 g/mol. The summed E-state index contributed by atoms with van der Waals surface area (Å²) in [6, 6.07) is 15.2. The van der Waals surface area contributed by atoms with E-state index in [-0.39, 0.29) is 5.70 Å². The maximum absolute atomic E-state index is 13.8. The van der Waals surface area contributed by atoms with E-state index in [4.69, 9.17) is 0 Å². The van der Waals surface area contributed by atoms with Gasteiger partial charge in [-0.3, -0.25) is 9.79 Å². The molecule has 1 N–H and O–H groups in total. The van der Waals surface area contributed by atoms with Crippen LogP contribution >= 0.6 is 0 Å². The number of benzene rings is 2. The van der Waals surface area contributed by atoms with Gasteiger partial charge in [-0.2, -0.15) is 0 Å². The van der Waals surface area contributed by atoms with Crippen LogP contribution in [-0.2, 0) is 4.79 Å². The van der Waals surface area contributed by atoms with Gasteiger partial charge < -0.3 is 5.32 Å². The number of amides is 1. The summed E-state index contributed by atoms with van der Waals surface area (Å²) in [4.78, 5) is 20.1. The monoisotopic (exact) mass is 309 g/mol. The summed E-state index contributed by atoms with van der Waals surface area (Å²) in [5.74, 6) is -0.845. The Labute approximate surface area is 134 Å². The standard InChI is InChI=1S/C18H16FN3O/c1-13(15-10-6-7-11-16(15)19)21-17(12-20-2)18(23)22-14-8-4-3-5-9-14/h3-12H,2H2,1H3,(H,22,23)/b17-12-,21-13+. The molecule has 0 heterocycles. The van der Waals surface area contributed by atoms with Crippen molar-refractivity contribution in [2.24, 2.45) is 9.98 Å². The summed E-state index contributed by atoms with van der Waals surface area (Å²) >= 11 is 0. The topological polar surface area (TPSA) is 53.8 Å². The van der Waals surface area contributed by atoms with Gasteiger partial charge in [0.25, 0.3) is 5.91 Å². The molecule has 2 aromatic carbocycles. The van der Waals surface area contributed by atoms with Crippen LogP contribution in [0.15, 0.2) is 76.5 Å². The zero-order chi connectivity index (χ0) is 16.7. The van der Waals surface area contributed by atoms with Crippen molar-refractivity contribution in [3.05, 3.63) is 77.9 Å². The van der Waals surface area contributed by atoms with E-state index < -0.39 is 11.7 Å². The fourth-order valence-corrected chi connectivity index (χ4v) is 1.94. The molecule has 0 saturated carbocycles. The van der Waals surface area contributed by atoms with Crippen LogP contribution in [0.25, 0.3) is 0 Å². The van der Waals surface area contributed by atoms with Gasteiger partial charge in [-0.25, -0.2) is 9.38 Å². The molecule has 4 nitrogen and oxygen atoms in total. The maximum atomic E-state index is 13.8. The highest BCUT2D eigenvalue weighted by molar-refractivity contribution is 6.08. The van der Waals surface area contributed by atoms with Gasteiger partial charge in [0.2, 0.25) is 0 Å². The molecule has 0 aromatic heterocycles. The number of nitrogens with one attached hydrogen (secondary N) is 1. The molecule has 0 radical (unpaired) electrons. The highest BCUT2D eigenvalue weighted by Gasteiger charge is 2.11. The van der Waals surface area contributed by atoms with E-state index in [1.54, 1.807) is 49.4 Å². The summed E-state index contributed by atoms with van der Waals surface area (Å²) in [5.41, 5.74) is 1.38. The van der Waals surface area contributed by atoms with E-state index in [2.05, 4.69) is 22.0 Å². The van der Waals surface area contributed by atoms with Gasteiger partial charge in [-0.05, 0) is 31.8 Å². The highest BCUT2D eigenvalue weighted by Crippen LogP contribution is 2.12. The van der Waals surface area contributed by atoms with Crippen molar-refractivity contribution < 1.29 is 9.18 Å². The number of hydrogen-bond acceptors (Lipinski definition) is 3. The number of para-hydroxylation sites is 1. The molecule has 0 saturated heterocycles. The molecule has 2 rings (SSSR count). The van der Waals surface area contributed by atoms with Gasteiger partial charge in [0.1, 0.15) is 11.5 Å². The number of hydrogen-bond donors (Lipinski definition) is 1. The molecule has 0 aliphatic heterocycles. The zero-order valence-electron chi connectivity index (χ0n) is 12.7. The van der Waals surface area contributed by atoms with Crippen LogP contribution < -0.4 is 5.32 Å². The average molecular weight is 309 g/mol. The first-order valence-corrected chi connectivity index (χ1v) is 6.94. The summed E-state index contributed by atoms with van der Waals surface area (Å²) in [6.07, 6.45) is 1.24. The van der Waals surface area contributed by atoms with Crippen molar-refractivity contribution in [1.82, 2.24) is 0 Å². The van der Waals surface area contributed by atoms with Gasteiger partial charge >= 0.3 is 0 Å². The predicted molar refractivity (Wildman–Crippen MR) is 91.3 cm³/mol. The number of rotatable bonds is 5. The summed E-state index contributed by atoms with van der Waals surface area (Å²) in [6.45, 7) is 4.97. The van der Waals surface area contributed by atoms with Gasteiger partial charge in [0.05, 0.1) is 6.20 Å². The minimum absolute atomic E-state index is 0.0459. The number of anilines is 1. The number of nitrogens with zero attached hydrogens (tertiary/aromatic N) is 2. The quantitative estimate of drug-likeness (QED) is 0.662. The second kappa shape index (κ2) is 7.79. The Bertz CT molecular complexity index is 767. The fourth-order valence-electron chi connectivity index (χ4n) is 1.94. The maximum Gasteiger partial charge on any atom is 0.275 e. The van der Waals surface area contributed by atoms with Crippen LogP contribution in [0, 0.1) is 5.82 Å². The van der Waals surface area contributed by atoms with E-state index in [0.717, 1.165) is 0 Å². The lowest BCUT2D eigenvalue weighted by molar-refractivity contribution is -0.112. The summed E-state index contributed by atoms with van der Waals surface area (Å²) < 4.78 is 13.8. The predicted octanol–water partition coefficient (Wildman–Crippen LogP) is 3.82. The molecule has 0 unspecified atom stereocenters. The van der Waals surface area contributed by atoms with Crippen molar-refractivity contribution in [3.63, 3.8) is 0 Å². The van der Waals surface area contributed by atoms with Gasteiger partial charge in [-0.15, -0.1) is 0 Å². The van der Waals surface area contributed by atoms with Crippen LogP contribution in [0.3, 0.4) is 0 Å². The Morgan fingerprint density at radius 3 is 2.43 bits per heavy atom. The molecule has 0 spiro atoms. The Balaban J connectivity index is 2.27. The average Bonchev–Trinajstić information content (AvgIpc) is 2.55. The minimum atomic E-state index is -0.445. The molecule has 5 heteroatoms. The lowest BCUT2D eigenvalue weighted by Crippen LogP contribution is -2.14. The third-order valence-corrected chi connectivity index (χ3v) is 3.03. The van der Waals surface area contributed by atoms with Crippen LogP contribution in [0.1, 0.15) is 12.5 Å². The smallest absolute Gasteiger partial charge is 0.275 e. The summed E-state index contributed by atoms with van der Waals surface area (Å²) in [5, 5.41) is 2.70. The number of carbonyl (C=O) groups is 1. The Morgan fingerprint density at radius 1 is 1.13 bits per heavy atom. The lowest BCUT2D eigenvalue weighted by Gasteiger charge is -2.07. The molecule has 0 aliphatic rings. The Kier molecular flexibility index (Phi) is 5.52. The number of aliphatic imine (C=N–C) groups is 2. The molecule has 23 heavy (non-hydrogen) atoms. The third-order valence-electron chi connectivity index (χ3n) is 3.03. The first-order chi connectivity index (χ1) is 11.1. The van der Waals surface area contributed by atoms with E-state index in [0.29, 0.717) is 17.0 Å². The van der Waals surface area contributed by atoms with E-state index >= 15 is 0 Å². The number of halogens is 1. The minimum Gasteiger partial charge on any atom is -0.321 e. The van der Waals surface area contributed by atoms with E-state index in [1.165, 1.54) is 12.3 Å². The Hall–Kier alpha value is -3.08. The van der Waals surface area contributed by atoms with Crippen LogP contribution in [0.5, 0.6) is 0 Å². The second-order valence-electron chi connectivity index (χ2n) is 4.69. The normalized spacial score (nSPS) is 11.9. The molecule has 0 atom stereocenters. The summed E-state index contributed by atoms with van der Waals surface area (Å²) in [7, 11) is 0. The zero-order valence-corrected chi connectivity index (χ0v) is 12.7. The lowest BCUT2D eigenvalue weighted by atomic mass is 10.1. The fraction of sp³-hybridized carbons (Fsp3) is 0.0556. The van der Waals surface area contributed by atoms with Crippen molar-refractivity contribution in [3.8, 4) is 0 Å². The van der Waals surface area contributed by atoms with Gasteiger partial charge in [0, 0.05) is 17.0 Å². The molecule has 2 aromatic rings. The second-order valence-corrected chi connectivity index (χ2v) is 4.69. The SMILES string of the molecule is C=N/C=C(\N=C(/C)c1ccccc1F)C(=O)Nc1ccccc1. The van der Waals surface area contributed by atoms with Crippen molar-refractivity contribution >= 4 is 24.0 Å². The molecule has 0 fully saturated rings. The first-order valence-electron chi connectivity index (χ1n) is 6.94. The molecule has 116 valence electrons. The van der Waals surface area contributed by atoms with Gasteiger partial charge in [0.15, 0.2) is 0 Å². The molecular formula is C18H16FN3O. The first kappa shape index (κ1) is 16.3. The Morgan fingerprint density at radius 2 is 1.78 bits per heavy atom. The van der Waals surface area contributed by atoms with Crippen LogP contribution in [0.4, 0.5) is 10.1 Å². The highest BCUT2D eigenvalue weighted by atomic mass is 19.1. The van der Waals surface area contributed by atoms with E-state index in [1.807, 2.05) is 6.07 Å². The van der Waals surface area contributed by atoms with E-state index in [9.17, 15) is 9.18 Å². The van der Waals surface area contributed by atoms with Crippen molar-refractivity contribution in [1.29, 1.82) is 0 Å². The van der Waals surface area contributed by atoms with Gasteiger partial charge in [-0.1, -0.05) is 36.4 Å². The number of carbonyl (C=O) groups excluding carboxylic acids is 1. The third kappa shape index (κ3) is 4.44. The van der Waals surface area contributed by atoms with Crippen LogP contribution in [0.2, 0.25) is 0 Å². The molecule has 0 bridgehead atoms. The van der Waals surface area contributed by atoms with Crippen molar-refractivity contribution in [2.75, 3.05) is 5.32 Å². The van der Waals surface area contributed by atoms with Crippen molar-refractivity contribution in [2.45, 2.75) is 6.92 Å². The van der Waals surface area contributed by atoms with Crippen LogP contribution in [-0.4, -0.2) is 18.3 Å².